The fourth-order valence-electron chi connectivity index (χ4n) is 3.73. The van der Waals surface area contributed by atoms with Gasteiger partial charge in [0.2, 0.25) is 5.09 Å². The third kappa shape index (κ3) is 4.69. The zero-order valence-electron chi connectivity index (χ0n) is 16.9. The van der Waals surface area contributed by atoms with E-state index in [1.54, 1.807) is 0 Å². The number of ether oxygens (including phenoxy) is 1. The van der Waals surface area contributed by atoms with Crippen molar-refractivity contribution in [2.45, 2.75) is 30.9 Å². The maximum absolute atomic E-state index is 12.7. The molecule has 162 valence electrons. The van der Waals surface area contributed by atoms with Gasteiger partial charge in [0, 0.05) is 38.4 Å². The van der Waals surface area contributed by atoms with Gasteiger partial charge in [-0.15, -0.1) is 0 Å². The molecule has 2 aliphatic rings. The number of anilines is 1. The molecule has 0 radical (unpaired) electrons. The minimum absolute atomic E-state index is 0.00415. The van der Waals surface area contributed by atoms with Gasteiger partial charge in [-0.1, -0.05) is 18.6 Å². The molecule has 9 heteroatoms. The third-order valence-electron chi connectivity index (χ3n) is 5.48. The summed E-state index contributed by atoms with van der Waals surface area (Å²) < 4.78 is 37.5. The van der Waals surface area contributed by atoms with Crippen molar-refractivity contribution in [1.82, 2.24) is 9.62 Å². The Morgan fingerprint density at radius 3 is 2.33 bits per heavy atom. The van der Waals surface area contributed by atoms with Crippen molar-refractivity contribution in [2.24, 2.45) is 0 Å². The zero-order valence-corrected chi connectivity index (χ0v) is 17.7. The molecule has 3 heterocycles. The van der Waals surface area contributed by atoms with Crippen LogP contribution in [0.25, 0.3) is 0 Å². The highest BCUT2D eigenvalue weighted by molar-refractivity contribution is 7.89. The van der Waals surface area contributed by atoms with Crippen LogP contribution in [-0.4, -0.2) is 58.0 Å². The van der Waals surface area contributed by atoms with Crippen molar-refractivity contribution in [3.8, 4) is 0 Å². The number of rotatable bonds is 6. The summed E-state index contributed by atoms with van der Waals surface area (Å²) in [5.74, 6) is -0.442. The van der Waals surface area contributed by atoms with Gasteiger partial charge in [0.05, 0.1) is 13.2 Å². The smallest absolute Gasteiger partial charge is 0.287 e. The van der Waals surface area contributed by atoms with E-state index < -0.39 is 15.9 Å². The van der Waals surface area contributed by atoms with Gasteiger partial charge in [-0.25, -0.2) is 8.42 Å². The largest absolute Gasteiger partial charge is 0.438 e. The van der Waals surface area contributed by atoms with Crippen LogP contribution in [0, 0.1) is 0 Å². The summed E-state index contributed by atoms with van der Waals surface area (Å²) in [5, 5.41) is 2.61. The lowest BCUT2D eigenvalue weighted by Gasteiger charge is -2.28. The number of sulfonamides is 1. The summed E-state index contributed by atoms with van der Waals surface area (Å²) in [6, 6.07) is 10.8. The molecule has 8 nitrogen and oxygen atoms in total. The van der Waals surface area contributed by atoms with Crippen molar-refractivity contribution < 1.29 is 22.4 Å². The van der Waals surface area contributed by atoms with E-state index in [0.717, 1.165) is 56.8 Å². The molecule has 0 bridgehead atoms. The van der Waals surface area contributed by atoms with E-state index in [1.807, 2.05) is 24.3 Å². The molecule has 0 spiro atoms. The van der Waals surface area contributed by atoms with Gasteiger partial charge in [-0.2, -0.15) is 4.31 Å². The Hall–Kier alpha value is -2.36. The number of nitrogens with one attached hydrogen (secondary N) is 1. The number of hydrogen-bond acceptors (Lipinski definition) is 6. The topological polar surface area (TPSA) is 92.1 Å². The maximum atomic E-state index is 12.7. The first-order valence-corrected chi connectivity index (χ1v) is 11.8. The molecule has 30 heavy (non-hydrogen) atoms. The molecule has 0 saturated carbocycles. The van der Waals surface area contributed by atoms with E-state index >= 15 is 0 Å². The predicted octanol–water partition coefficient (Wildman–Crippen LogP) is 2.22. The molecule has 1 N–H and O–H groups in total. The molecule has 0 aliphatic carbocycles. The van der Waals surface area contributed by atoms with E-state index in [2.05, 4.69) is 10.2 Å². The monoisotopic (exact) mass is 433 g/mol. The number of amides is 1. The number of benzene rings is 1. The normalized spacial score (nSPS) is 18.3. The molecule has 2 saturated heterocycles. The fourth-order valence-corrected chi connectivity index (χ4v) is 5.16. The summed E-state index contributed by atoms with van der Waals surface area (Å²) in [6.07, 6.45) is 2.72. The minimum Gasteiger partial charge on any atom is -0.438 e. The van der Waals surface area contributed by atoms with E-state index in [4.69, 9.17) is 9.15 Å². The van der Waals surface area contributed by atoms with Crippen LogP contribution in [0.1, 0.15) is 35.4 Å². The summed E-state index contributed by atoms with van der Waals surface area (Å²) in [4.78, 5) is 14.7. The second-order valence-electron chi connectivity index (χ2n) is 7.53. The van der Waals surface area contributed by atoms with Crippen LogP contribution >= 0.6 is 0 Å². The number of nitrogens with zero attached hydrogens (tertiary/aromatic N) is 2. The van der Waals surface area contributed by atoms with E-state index in [-0.39, 0.29) is 10.9 Å². The Morgan fingerprint density at radius 2 is 1.63 bits per heavy atom. The molecular weight excluding hydrogens is 406 g/mol. The number of hydrogen-bond donors (Lipinski definition) is 1. The Kier molecular flexibility index (Phi) is 6.40. The lowest BCUT2D eigenvalue weighted by molar-refractivity contribution is 0.0917. The first-order chi connectivity index (χ1) is 14.5. The number of piperidine rings is 1. The summed E-state index contributed by atoms with van der Waals surface area (Å²) >= 11 is 0. The highest BCUT2D eigenvalue weighted by atomic mass is 32.2. The fraction of sp³-hybridized carbons (Fsp3) is 0.476. The van der Waals surface area contributed by atoms with Crippen molar-refractivity contribution in [1.29, 1.82) is 0 Å². The average Bonchev–Trinajstić information content (AvgIpc) is 3.30. The highest BCUT2D eigenvalue weighted by Gasteiger charge is 2.29. The van der Waals surface area contributed by atoms with Crippen LogP contribution in [0.4, 0.5) is 5.69 Å². The molecule has 1 aromatic carbocycles. The summed E-state index contributed by atoms with van der Waals surface area (Å²) in [5.41, 5.74) is 2.08. The average molecular weight is 434 g/mol. The molecule has 2 fully saturated rings. The Morgan fingerprint density at radius 1 is 0.933 bits per heavy atom. The lowest BCUT2D eigenvalue weighted by atomic mass is 10.2. The van der Waals surface area contributed by atoms with E-state index in [9.17, 15) is 13.2 Å². The molecule has 0 unspecified atom stereocenters. The predicted molar refractivity (Wildman–Crippen MR) is 112 cm³/mol. The van der Waals surface area contributed by atoms with Gasteiger partial charge in [0.15, 0.2) is 5.76 Å². The maximum Gasteiger partial charge on any atom is 0.287 e. The van der Waals surface area contributed by atoms with E-state index in [1.165, 1.54) is 16.4 Å². The van der Waals surface area contributed by atoms with Crippen LogP contribution in [0.3, 0.4) is 0 Å². The third-order valence-corrected chi connectivity index (χ3v) is 7.25. The Balaban J connectivity index is 1.34. The number of carbonyl (C=O) groups excluding carboxylic acids is 1. The van der Waals surface area contributed by atoms with Gasteiger partial charge in [-0.3, -0.25) is 4.79 Å². The molecule has 4 rings (SSSR count). The zero-order chi connectivity index (χ0) is 21.0. The standard InChI is InChI=1S/C21H27N3O5S/c25-21(19-8-9-20(29-19)30(26,27)24-10-2-1-3-11-24)22-16-17-4-6-18(7-5-17)23-12-14-28-15-13-23/h4-9H,1-3,10-16H2,(H,22,25). The van der Waals surface area contributed by atoms with Gasteiger partial charge in [-0.05, 0) is 42.7 Å². The Bertz CT molecular complexity index is 959. The van der Waals surface area contributed by atoms with Crippen molar-refractivity contribution in [2.75, 3.05) is 44.3 Å². The van der Waals surface area contributed by atoms with E-state index in [0.29, 0.717) is 19.6 Å². The highest BCUT2D eigenvalue weighted by Crippen LogP contribution is 2.22. The van der Waals surface area contributed by atoms with Gasteiger partial charge in [0.25, 0.3) is 15.9 Å². The number of carbonyl (C=O) groups is 1. The van der Waals surface area contributed by atoms with Crippen molar-refractivity contribution >= 4 is 21.6 Å². The summed E-state index contributed by atoms with van der Waals surface area (Å²) in [6.45, 7) is 4.52. The van der Waals surface area contributed by atoms with Crippen molar-refractivity contribution in [3.63, 3.8) is 0 Å². The molecule has 0 atom stereocenters. The minimum atomic E-state index is -3.68. The SMILES string of the molecule is O=C(NCc1ccc(N2CCOCC2)cc1)c1ccc(S(=O)(=O)N2CCCCC2)o1. The molecule has 1 aromatic heterocycles. The summed E-state index contributed by atoms with van der Waals surface area (Å²) in [7, 11) is -3.68. The van der Waals surface area contributed by atoms with Gasteiger partial charge < -0.3 is 19.4 Å². The second kappa shape index (κ2) is 9.20. The first-order valence-electron chi connectivity index (χ1n) is 10.3. The quantitative estimate of drug-likeness (QED) is 0.751. The first kappa shape index (κ1) is 20.9. The molecule has 2 aromatic rings. The molecule has 2 aliphatic heterocycles. The van der Waals surface area contributed by atoms with Crippen LogP contribution in [0.15, 0.2) is 45.9 Å². The van der Waals surface area contributed by atoms with Gasteiger partial charge >= 0.3 is 0 Å². The Labute approximate surface area is 176 Å². The molecular formula is C21H27N3O5S. The van der Waals surface area contributed by atoms with Crippen molar-refractivity contribution in [3.05, 3.63) is 47.7 Å². The second-order valence-corrected chi connectivity index (χ2v) is 9.40. The molecule has 1 amide bonds. The van der Waals surface area contributed by atoms with Crippen LogP contribution < -0.4 is 10.2 Å². The number of furan rings is 1. The van der Waals surface area contributed by atoms with Crippen LogP contribution in [0.2, 0.25) is 0 Å². The van der Waals surface area contributed by atoms with Crippen LogP contribution in [-0.2, 0) is 21.3 Å². The lowest BCUT2D eigenvalue weighted by Crippen LogP contribution is -2.36. The van der Waals surface area contributed by atoms with Crippen LogP contribution in [0.5, 0.6) is 0 Å². The van der Waals surface area contributed by atoms with Gasteiger partial charge in [0.1, 0.15) is 0 Å². The number of morpholine rings is 1.